The molecule has 4 nitrogen and oxygen atoms in total. The number of carbonyl (C=O) groups is 1. The van der Waals surface area contributed by atoms with Gasteiger partial charge in [-0.2, -0.15) is 0 Å². The van der Waals surface area contributed by atoms with E-state index in [0.717, 1.165) is 6.54 Å². The molecule has 0 radical (unpaired) electrons. The molecule has 0 fully saturated rings. The van der Waals surface area contributed by atoms with Crippen molar-refractivity contribution < 1.29 is 4.79 Å². The van der Waals surface area contributed by atoms with Crippen LogP contribution in [0.4, 0.5) is 4.79 Å². The molecule has 0 aliphatic carbocycles. The van der Waals surface area contributed by atoms with Crippen LogP contribution in [0.5, 0.6) is 0 Å². The lowest BCUT2D eigenvalue weighted by atomic mass is 10.4. The Morgan fingerprint density at radius 3 is 2.42 bits per heavy atom. The van der Waals surface area contributed by atoms with E-state index in [1.54, 1.807) is 0 Å². The molecule has 0 saturated carbocycles. The smallest absolute Gasteiger partial charge is 0.314 e. The number of nitrogens with one attached hydrogen (secondary N) is 3. The zero-order valence-electron chi connectivity index (χ0n) is 8.11. The maximum atomic E-state index is 10.8. The Morgan fingerprint density at radius 1 is 1.25 bits per heavy atom. The zero-order valence-corrected chi connectivity index (χ0v) is 8.11. The van der Waals surface area contributed by atoms with Crippen LogP contribution in [-0.2, 0) is 0 Å². The molecule has 0 rings (SSSR count). The van der Waals surface area contributed by atoms with Crippen molar-refractivity contribution in [2.24, 2.45) is 0 Å². The van der Waals surface area contributed by atoms with Gasteiger partial charge in [-0.15, -0.1) is 0 Å². The molecule has 72 valence electrons. The fraction of sp³-hybridized carbons (Fsp3) is 0.875. The van der Waals surface area contributed by atoms with E-state index >= 15 is 0 Å². The van der Waals surface area contributed by atoms with Gasteiger partial charge in [0.1, 0.15) is 0 Å². The lowest BCUT2D eigenvalue weighted by molar-refractivity contribution is 0.241. The van der Waals surface area contributed by atoms with E-state index in [9.17, 15) is 4.79 Å². The summed E-state index contributed by atoms with van der Waals surface area (Å²) >= 11 is 0. The summed E-state index contributed by atoms with van der Waals surface area (Å²) in [6.45, 7) is 8.20. The van der Waals surface area contributed by atoms with Gasteiger partial charge in [-0.3, -0.25) is 0 Å². The van der Waals surface area contributed by atoms with E-state index in [1.165, 1.54) is 0 Å². The highest BCUT2D eigenvalue weighted by Gasteiger charge is 1.95. The van der Waals surface area contributed by atoms with Crippen LogP contribution in [0.1, 0.15) is 20.8 Å². The fourth-order valence-corrected chi connectivity index (χ4v) is 0.760. The van der Waals surface area contributed by atoms with Crippen molar-refractivity contribution in [3.8, 4) is 0 Å². The highest BCUT2D eigenvalue weighted by molar-refractivity contribution is 5.73. The first-order valence-electron chi connectivity index (χ1n) is 4.42. The first-order valence-corrected chi connectivity index (χ1v) is 4.42. The predicted octanol–water partition coefficient (Wildman–Crippen LogP) is 0.304. The minimum Gasteiger partial charge on any atom is -0.338 e. The lowest BCUT2D eigenvalue weighted by Crippen LogP contribution is -2.40. The Morgan fingerprint density at radius 2 is 1.92 bits per heavy atom. The molecule has 0 aromatic heterocycles. The zero-order chi connectivity index (χ0) is 9.40. The van der Waals surface area contributed by atoms with Gasteiger partial charge in [-0.1, -0.05) is 13.8 Å². The molecule has 0 atom stereocenters. The SMILES string of the molecule is CCNC(=O)NCCNC(C)C. The molecule has 0 saturated heterocycles. The summed E-state index contributed by atoms with van der Waals surface area (Å²) in [6, 6.07) is 0.379. The summed E-state index contributed by atoms with van der Waals surface area (Å²) in [5.41, 5.74) is 0. The molecule has 0 aliphatic heterocycles. The van der Waals surface area contributed by atoms with Crippen LogP contribution in [-0.4, -0.2) is 31.7 Å². The maximum absolute atomic E-state index is 10.8. The van der Waals surface area contributed by atoms with Gasteiger partial charge >= 0.3 is 6.03 Å². The second-order valence-corrected chi connectivity index (χ2v) is 2.90. The van der Waals surface area contributed by atoms with E-state index in [0.29, 0.717) is 19.1 Å². The minimum atomic E-state index is -0.0944. The van der Waals surface area contributed by atoms with E-state index in [1.807, 2.05) is 6.92 Å². The van der Waals surface area contributed by atoms with Gasteiger partial charge in [0, 0.05) is 25.7 Å². The molecule has 2 amide bonds. The number of rotatable bonds is 5. The molecule has 12 heavy (non-hydrogen) atoms. The van der Waals surface area contributed by atoms with Crippen LogP contribution >= 0.6 is 0 Å². The molecular formula is C8H19N3O. The van der Waals surface area contributed by atoms with Gasteiger partial charge in [-0.05, 0) is 6.92 Å². The Balaban J connectivity index is 3.14. The molecule has 0 unspecified atom stereocenters. The van der Waals surface area contributed by atoms with Crippen molar-refractivity contribution >= 4 is 6.03 Å². The molecule has 0 aromatic carbocycles. The molecule has 0 bridgehead atoms. The normalized spacial score (nSPS) is 10.0. The highest BCUT2D eigenvalue weighted by Crippen LogP contribution is 1.73. The standard InChI is InChI=1S/C8H19N3O/c1-4-9-8(12)11-6-5-10-7(2)3/h7,10H,4-6H2,1-3H3,(H2,9,11,12). The van der Waals surface area contributed by atoms with Crippen LogP contribution in [0.2, 0.25) is 0 Å². The summed E-state index contributed by atoms with van der Waals surface area (Å²) in [5, 5.41) is 8.58. The Labute approximate surface area is 74.1 Å². The molecule has 4 heteroatoms. The van der Waals surface area contributed by atoms with Gasteiger partial charge in [-0.25, -0.2) is 4.79 Å². The maximum Gasteiger partial charge on any atom is 0.314 e. The topological polar surface area (TPSA) is 53.2 Å². The highest BCUT2D eigenvalue weighted by atomic mass is 16.2. The van der Waals surface area contributed by atoms with Crippen LogP contribution in [0.15, 0.2) is 0 Å². The third-order valence-corrected chi connectivity index (χ3v) is 1.30. The second kappa shape index (κ2) is 6.91. The van der Waals surface area contributed by atoms with Gasteiger partial charge in [0.25, 0.3) is 0 Å². The van der Waals surface area contributed by atoms with Crippen molar-refractivity contribution in [3.63, 3.8) is 0 Å². The molecule has 0 aromatic rings. The summed E-state index contributed by atoms with van der Waals surface area (Å²) in [6.07, 6.45) is 0. The quantitative estimate of drug-likeness (QED) is 0.524. The average molecular weight is 173 g/mol. The van der Waals surface area contributed by atoms with Crippen molar-refractivity contribution in [2.45, 2.75) is 26.8 Å². The number of amides is 2. The number of hydrogen-bond donors (Lipinski definition) is 3. The number of urea groups is 1. The Kier molecular flexibility index (Phi) is 6.47. The molecule has 3 N–H and O–H groups in total. The first kappa shape index (κ1) is 11.2. The van der Waals surface area contributed by atoms with Crippen LogP contribution < -0.4 is 16.0 Å². The van der Waals surface area contributed by atoms with Crippen LogP contribution in [0.25, 0.3) is 0 Å². The van der Waals surface area contributed by atoms with Gasteiger partial charge < -0.3 is 16.0 Å². The Hall–Kier alpha value is -0.770. The Bertz CT molecular complexity index is 125. The third-order valence-electron chi connectivity index (χ3n) is 1.30. The fourth-order valence-electron chi connectivity index (χ4n) is 0.760. The molecule has 0 heterocycles. The largest absolute Gasteiger partial charge is 0.338 e. The monoisotopic (exact) mass is 173 g/mol. The van der Waals surface area contributed by atoms with Crippen LogP contribution in [0.3, 0.4) is 0 Å². The molecule has 0 aliphatic rings. The van der Waals surface area contributed by atoms with Crippen molar-refractivity contribution in [3.05, 3.63) is 0 Å². The van der Waals surface area contributed by atoms with E-state index < -0.39 is 0 Å². The van der Waals surface area contributed by atoms with Crippen molar-refractivity contribution in [2.75, 3.05) is 19.6 Å². The second-order valence-electron chi connectivity index (χ2n) is 2.90. The summed E-state index contributed by atoms with van der Waals surface area (Å²) < 4.78 is 0. The van der Waals surface area contributed by atoms with Crippen molar-refractivity contribution in [1.29, 1.82) is 0 Å². The van der Waals surface area contributed by atoms with E-state index in [-0.39, 0.29) is 6.03 Å². The average Bonchev–Trinajstić information content (AvgIpc) is 1.98. The number of carbonyl (C=O) groups excluding carboxylic acids is 1. The van der Waals surface area contributed by atoms with Gasteiger partial charge in [0.15, 0.2) is 0 Å². The van der Waals surface area contributed by atoms with Gasteiger partial charge in [0.05, 0.1) is 0 Å². The van der Waals surface area contributed by atoms with E-state index in [4.69, 9.17) is 0 Å². The number of hydrogen-bond acceptors (Lipinski definition) is 2. The first-order chi connectivity index (χ1) is 5.66. The summed E-state index contributed by atoms with van der Waals surface area (Å²) in [7, 11) is 0. The molecule has 0 spiro atoms. The lowest BCUT2D eigenvalue weighted by Gasteiger charge is -2.08. The predicted molar refractivity (Wildman–Crippen MR) is 50.2 cm³/mol. The molecular weight excluding hydrogens is 154 g/mol. The summed E-state index contributed by atoms with van der Waals surface area (Å²) in [4.78, 5) is 10.8. The van der Waals surface area contributed by atoms with Gasteiger partial charge in [0.2, 0.25) is 0 Å². The van der Waals surface area contributed by atoms with Crippen LogP contribution in [0, 0.1) is 0 Å². The third kappa shape index (κ3) is 7.34. The minimum absolute atomic E-state index is 0.0944. The summed E-state index contributed by atoms with van der Waals surface area (Å²) in [5.74, 6) is 0. The van der Waals surface area contributed by atoms with E-state index in [2.05, 4.69) is 29.8 Å². The van der Waals surface area contributed by atoms with Crippen molar-refractivity contribution in [1.82, 2.24) is 16.0 Å².